The fourth-order valence-electron chi connectivity index (χ4n) is 2.57. The normalized spacial score (nSPS) is 23.2. The highest BCUT2D eigenvalue weighted by molar-refractivity contribution is 6.39. The Morgan fingerprint density at radius 3 is 3.00 bits per heavy atom. The smallest absolute Gasteiger partial charge is 0.270 e. The first-order valence-electron chi connectivity index (χ1n) is 6.73. The van der Waals surface area contributed by atoms with Gasteiger partial charge in [0.15, 0.2) is 0 Å². The number of nitrogens with zero attached hydrogens (tertiary/aromatic N) is 5. The van der Waals surface area contributed by atoms with Crippen molar-refractivity contribution in [3.8, 4) is 0 Å². The lowest BCUT2D eigenvalue weighted by Crippen LogP contribution is -2.45. The van der Waals surface area contributed by atoms with Crippen molar-refractivity contribution >= 4 is 17.5 Å². The fourth-order valence-corrected chi connectivity index (χ4v) is 2.57. The SMILES string of the molecule is O=C1CCC(C(=O)N2CCC[C@H](n3cncn3)C2)=NN1. The molecule has 0 radical (unpaired) electrons. The van der Waals surface area contributed by atoms with E-state index in [1.807, 2.05) is 0 Å². The average molecular weight is 276 g/mol. The minimum absolute atomic E-state index is 0.0881. The van der Waals surface area contributed by atoms with Crippen molar-refractivity contribution in [3.05, 3.63) is 12.7 Å². The standard InChI is InChI=1S/C12H16N6O2/c19-11-4-3-10(15-16-11)12(20)17-5-1-2-9(6-17)18-8-13-7-14-18/h7-9H,1-6H2,(H,16,19)/t9-/m0/s1. The van der Waals surface area contributed by atoms with E-state index in [2.05, 4.69) is 20.6 Å². The lowest BCUT2D eigenvalue weighted by molar-refractivity contribution is -0.126. The highest BCUT2D eigenvalue weighted by Gasteiger charge is 2.29. The molecule has 1 N–H and O–H groups in total. The first-order valence-corrected chi connectivity index (χ1v) is 6.73. The maximum absolute atomic E-state index is 12.4. The van der Waals surface area contributed by atoms with Gasteiger partial charge in [-0.15, -0.1) is 0 Å². The van der Waals surface area contributed by atoms with Gasteiger partial charge < -0.3 is 4.90 Å². The van der Waals surface area contributed by atoms with Crippen LogP contribution in [0.4, 0.5) is 0 Å². The largest absolute Gasteiger partial charge is 0.335 e. The van der Waals surface area contributed by atoms with Gasteiger partial charge in [0.25, 0.3) is 5.91 Å². The molecule has 8 nitrogen and oxygen atoms in total. The van der Waals surface area contributed by atoms with Crippen LogP contribution in [0.3, 0.4) is 0 Å². The second-order valence-electron chi connectivity index (χ2n) is 5.02. The number of hydrogen-bond donors (Lipinski definition) is 1. The van der Waals surface area contributed by atoms with Crippen molar-refractivity contribution in [1.29, 1.82) is 0 Å². The van der Waals surface area contributed by atoms with Crippen LogP contribution >= 0.6 is 0 Å². The lowest BCUT2D eigenvalue weighted by atomic mass is 10.0. The van der Waals surface area contributed by atoms with Gasteiger partial charge in [-0.05, 0) is 12.8 Å². The van der Waals surface area contributed by atoms with Gasteiger partial charge in [-0.2, -0.15) is 10.2 Å². The first-order chi connectivity index (χ1) is 9.74. The number of likely N-dealkylation sites (tertiary alicyclic amines) is 1. The number of nitrogens with one attached hydrogen (secondary N) is 1. The molecule has 0 spiro atoms. The third kappa shape index (κ3) is 2.54. The lowest BCUT2D eigenvalue weighted by Gasteiger charge is -2.33. The molecule has 3 rings (SSSR count). The maximum Gasteiger partial charge on any atom is 0.270 e. The van der Waals surface area contributed by atoms with E-state index in [9.17, 15) is 9.59 Å². The summed E-state index contributed by atoms with van der Waals surface area (Å²) in [4.78, 5) is 29.2. The summed E-state index contributed by atoms with van der Waals surface area (Å²) < 4.78 is 1.80. The summed E-state index contributed by atoms with van der Waals surface area (Å²) in [5, 5.41) is 8.00. The van der Waals surface area contributed by atoms with Crippen molar-refractivity contribution in [2.75, 3.05) is 13.1 Å². The Hall–Kier alpha value is -2.25. The Morgan fingerprint density at radius 2 is 2.30 bits per heavy atom. The Kier molecular flexibility index (Phi) is 3.44. The molecule has 3 heterocycles. The van der Waals surface area contributed by atoms with E-state index in [0.717, 1.165) is 19.4 Å². The molecule has 2 aliphatic rings. The zero-order chi connectivity index (χ0) is 13.9. The molecule has 0 bridgehead atoms. The molecule has 2 amide bonds. The molecule has 0 unspecified atom stereocenters. The van der Waals surface area contributed by atoms with Gasteiger partial charge in [0.05, 0.1) is 6.04 Å². The predicted octanol–water partition coefficient (Wildman–Crippen LogP) is -0.292. The van der Waals surface area contributed by atoms with Gasteiger partial charge in [-0.1, -0.05) is 0 Å². The van der Waals surface area contributed by atoms with Crippen LogP contribution in [0.1, 0.15) is 31.7 Å². The second kappa shape index (κ2) is 5.40. The van der Waals surface area contributed by atoms with Crippen LogP contribution in [0.5, 0.6) is 0 Å². The third-order valence-electron chi connectivity index (χ3n) is 3.65. The van der Waals surface area contributed by atoms with Crippen LogP contribution in [0.15, 0.2) is 17.8 Å². The van der Waals surface area contributed by atoms with Crippen molar-refractivity contribution in [2.45, 2.75) is 31.7 Å². The van der Waals surface area contributed by atoms with Crippen LogP contribution in [-0.4, -0.2) is 50.3 Å². The molecule has 0 aliphatic carbocycles. The summed E-state index contributed by atoms with van der Waals surface area (Å²) in [6.45, 7) is 1.33. The van der Waals surface area contributed by atoms with E-state index < -0.39 is 0 Å². The Bertz CT molecular complexity index is 538. The fraction of sp³-hybridized carbons (Fsp3) is 0.583. The predicted molar refractivity (Wildman–Crippen MR) is 69.7 cm³/mol. The van der Waals surface area contributed by atoms with E-state index in [1.165, 1.54) is 6.33 Å². The summed E-state index contributed by atoms with van der Waals surface area (Å²) in [6, 6.07) is 0.161. The quantitative estimate of drug-likeness (QED) is 0.803. The Balaban J connectivity index is 1.67. The molecule has 1 fully saturated rings. The van der Waals surface area contributed by atoms with Crippen LogP contribution in [0.25, 0.3) is 0 Å². The number of rotatable bonds is 2. The van der Waals surface area contributed by atoms with Crippen molar-refractivity contribution in [3.63, 3.8) is 0 Å². The van der Waals surface area contributed by atoms with Crippen LogP contribution in [0, 0.1) is 0 Å². The molecule has 1 aromatic heterocycles. The summed E-state index contributed by atoms with van der Waals surface area (Å²) in [6.07, 6.45) is 5.82. The number of amides is 2. The molecule has 0 aromatic carbocycles. The van der Waals surface area contributed by atoms with Crippen molar-refractivity contribution < 1.29 is 9.59 Å². The highest BCUT2D eigenvalue weighted by Crippen LogP contribution is 2.21. The minimum Gasteiger partial charge on any atom is -0.335 e. The van der Waals surface area contributed by atoms with Crippen LogP contribution in [0.2, 0.25) is 0 Å². The molecule has 0 saturated carbocycles. The summed E-state index contributed by atoms with van der Waals surface area (Å²) in [5.74, 6) is -0.226. The maximum atomic E-state index is 12.4. The third-order valence-corrected chi connectivity index (χ3v) is 3.65. The van der Waals surface area contributed by atoms with E-state index in [4.69, 9.17) is 0 Å². The van der Waals surface area contributed by atoms with Gasteiger partial charge in [0.1, 0.15) is 18.4 Å². The highest BCUT2D eigenvalue weighted by atomic mass is 16.2. The molecule has 1 saturated heterocycles. The van der Waals surface area contributed by atoms with Gasteiger partial charge in [0.2, 0.25) is 5.91 Å². The number of carbonyl (C=O) groups excluding carboxylic acids is 2. The molecule has 1 aromatic rings. The summed E-state index contributed by atoms with van der Waals surface area (Å²) in [7, 11) is 0. The Labute approximate surface area is 115 Å². The van der Waals surface area contributed by atoms with Crippen LogP contribution in [-0.2, 0) is 9.59 Å². The van der Waals surface area contributed by atoms with Gasteiger partial charge in [-0.3, -0.25) is 9.59 Å². The molecular formula is C12H16N6O2. The summed E-state index contributed by atoms with van der Waals surface area (Å²) in [5.41, 5.74) is 2.80. The topological polar surface area (TPSA) is 92.5 Å². The van der Waals surface area contributed by atoms with Crippen LogP contribution < -0.4 is 5.43 Å². The second-order valence-corrected chi connectivity index (χ2v) is 5.02. The van der Waals surface area contributed by atoms with E-state index in [1.54, 1.807) is 15.9 Å². The zero-order valence-electron chi connectivity index (χ0n) is 11.0. The monoisotopic (exact) mass is 276 g/mol. The number of hydrogen-bond acceptors (Lipinski definition) is 5. The average Bonchev–Trinajstić information content (AvgIpc) is 3.02. The number of hydrazone groups is 1. The number of carbonyl (C=O) groups is 2. The van der Waals surface area contributed by atoms with Crippen molar-refractivity contribution in [1.82, 2.24) is 25.1 Å². The first kappa shape index (κ1) is 12.8. The molecule has 106 valence electrons. The summed E-state index contributed by atoms with van der Waals surface area (Å²) >= 11 is 0. The van der Waals surface area contributed by atoms with E-state index in [-0.39, 0.29) is 17.9 Å². The molecule has 1 atom stereocenters. The molecule has 8 heteroatoms. The minimum atomic E-state index is -0.138. The van der Waals surface area contributed by atoms with Crippen molar-refractivity contribution in [2.24, 2.45) is 5.10 Å². The van der Waals surface area contributed by atoms with E-state index >= 15 is 0 Å². The van der Waals surface area contributed by atoms with Gasteiger partial charge >= 0.3 is 0 Å². The van der Waals surface area contributed by atoms with E-state index in [0.29, 0.717) is 25.1 Å². The zero-order valence-corrected chi connectivity index (χ0v) is 11.0. The molecule has 20 heavy (non-hydrogen) atoms. The Morgan fingerprint density at radius 1 is 1.40 bits per heavy atom. The molecular weight excluding hydrogens is 260 g/mol. The number of piperidine rings is 1. The van der Waals surface area contributed by atoms with Gasteiger partial charge in [-0.25, -0.2) is 15.1 Å². The molecule has 2 aliphatic heterocycles. The van der Waals surface area contributed by atoms with Gasteiger partial charge in [0, 0.05) is 25.9 Å². The number of aromatic nitrogens is 3.